The van der Waals surface area contributed by atoms with Crippen molar-refractivity contribution >= 4 is 165 Å². The van der Waals surface area contributed by atoms with Gasteiger partial charge in [-0.15, -0.1) is 0 Å². The molecule has 0 radical (unpaired) electrons. The van der Waals surface area contributed by atoms with E-state index in [4.69, 9.17) is 28.2 Å². The third-order valence-electron chi connectivity index (χ3n) is 23.6. The first-order chi connectivity index (χ1) is 61.0. The molecule has 0 saturated carbocycles. The van der Waals surface area contributed by atoms with Gasteiger partial charge in [-0.25, -0.2) is 34.9 Å². The van der Waals surface area contributed by atoms with Crippen molar-refractivity contribution in [3.8, 4) is 68.6 Å². The van der Waals surface area contributed by atoms with E-state index in [0.717, 1.165) is 117 Å². The zero-order chi connectivity index (χ0) is 80.7. The Morgan fingerprint density at radius 2 is 0.463 bits per heavy atom. The maximum Gasteiger partial charge on any atom is 0.248 e. The van der Waals surface area contributed by atoms with E-state index >= 15 is 0 Å². The summed E-state index contributed by atoms with van der Waals surface area (Å²) in [6.07, 6.45) is 10.7. The number of benzene rings is 12. The minimum atomic E-state index is 0.461. The van der Waals surface area contributed by atoms with Crippen LogP contribution in [0.5, 0.6) is 0 Å². The first-order valence-corrected chi connectivity index (χ1v) is 40.6. The average Bonchev–Trinajstić information content (AvgIpc) is 1.57. The van der Waals surface area contributed by atoms with Gasteiger partial charge in [0.15, 0.2) is 0 Å². The first-order valence-electron chi connectivity index (χ1n) is 40.6. The molecule has 0 bridgehead atoms. The van der Waals surface area contributed by atoms with E-state index in [0.29, 0.717) is 40.5 Å². The van der Waals surface area contributed by atoms with Crippen LogP contribution in [0.15, 0.2) is 396 Å². The molecular formula is C105H63N15O3. The predicted octanol–water partition coefficient (Wildman–Crippen LogP) is 25.4. The first kappa shape index (κ1) is 68.9. The Morgan fingerprint density at radius 3 is 0.821 bits per heavy atom. The van der Waals surface area contributed by atoms with E-state index in [-0.39, 0.29) is 0 Å². The fraction of sp³-hybridized carbons (Fsp3) is 0. The summed E-state index contributed by atoms with van der Waals surface area (Å²) in [5, 5.41) is 11.9. The van der Waals surface area contributed by atoms with Crippen molar-refractivity contribution in [2.75, 3.05) is 0 Å². The Morgan fingerprint density at radius 1 is 0.187 bits per heavy atom. The van der Waals surface area contributed by atoms with Crippen LogP contribution in [0.25, 0.3) is 233 Å². The lowest BCUT2D eigenvalue weighted by molar-refractivity contribution is 0.605. The van der Waals surface area contributed by atoms with Crippen LogP contribution in [0, 0.1) is 0 Å². The van der Waals surface area contributed by atoms with Crippen LogP contribution < -0.4 is 0 Å². The standard InChI is InChI=1S/C36H22N4O.C35H21N5O.C34H20N6O/c1-2-9-24(10-3-1)39-31-14-6-4-11-26(31)28-22-34-29(21-33(28)39)27-12-5-7-15-32(27)40(34)25-18-16-23(17-19-25)35-38-30-13-8-20-37-36(30)41-35;1-2-9-22(10-3-1)39-30-14-6-4-11-24(30)26-20-33-27(19-32(26)39)25-12-5-7-15-31(25)40(33)23-16-17-28(37-21-23)35-38-29-13-8-18-36-34(29)41-35;1-2-7-22(8-3-1)39-27-10-5-16-35-31(27)24-20-30-25(19-29(24)39)32-28(11-6-17-36-32)40(30)23-14-12-21(13-15-23)33-38-26-9-4-18-37-34(26)41-33/h1-22H;1-21H;1-20H. The third kappa shape index (κ3) is 11.1. The largest absolute Gasteiger partial charge is 0.418 e. The van der Waals surface area contributed by atoms with Crippen LogP contribution in [0.1, 0.15) is 0 Å². The van der Waals surface area contributed by atoms with Gasteiger partial charge in [0.1, 0.15) is 22.2 Å². The minimum Gasteiger partial charge on any atom is -0.418 e. The predicted molar refractivity (Wildman–Crippen MR) is 491 cm³/mol. The molecule has 0 fully saturated rings. The van der Waals surface area contributed by atoms with Gasteiger partial charge in [-0.1, -0.05) is 127 Å². The van der Waals surface area contributed by atoms with Crippen molar-refractivity contribution in [3.05, 3.63) is 383 Å². The van der Waals surface area contributed by atoms with Crippen LogP contribution in [-0.2, 0) is 0 Å². The van der Waals surface area contributed by atoms with Gasteiger partial charge >= 0.3 is 0 Å². The number of para-hydroxylation sites is 7. The number of fused-ring (bicyclic) bond motifs is 21. The smallest absolute Gasteiger partial charge is 0.248 e. The molecule has 12 aromatic carbocycles. The van der Waals surface area contributed by atoms with Crippen molar-refractivity contribution < 1.29 is 13.3 Å². The van der Waals surface area contributed by atoms with E-state index in [2.05, 4.69) is 330 Å². The van der Waals surface area contributed by atoms with Gasteiger partial charge in [0.25, 0.3) is 0 Å². The fourth-order valence-electron chi connectivity index (χ4n) is 18.2. The molecule has 0 unspecified atom stereocenters. The molecule has 0 spiro atoms. The highest BCUT2D eigenvalue weighted by atomic mass is 16.4. The van der Waals surface area contributed by atoms with Gasteiger partial charge in [-0.3, -0.25) is 9.97 Å². The van der Waals surface area contributed by atoms with Gasteiger partial charge in [0, 0.05) is 124 Å². The molecule has 27 rings (SSSR count). The molecule has 123 heavy (non-hydrogen) atoms. The van der Waals surface area contributed by atoms with Crippen LogP contribution in [0.3, 0.4) is 0 Å². The van der Waals surface area contributed by atoms with Gasteiger partial charge in [-0.05, 0) is 218 Å². The van der Waals surface area contributed by atoms with E-state index in [1.54, 1.807) is 18.6 Å². The SMILES string of the molecule is c1ccc(-n2c3cc4c5ncccc5n(-c5ccc(-c6nc7cccnc7o6)cc5)c4cc3c3ncccc32)cc1.c1ccc(-n2c3ccccc3c3cc4c(cc32)c2ccccc2n4-c2ccc(-c3nc4cccnc4o3)cc2)cc1.c1ccc(-n2c3ccccc3c3cc4c(cc32)c2ccccc2n4-c2ccc(-c3nc4cccnc4o3)nc2)cc1. The van der Waals surface area contributed by atoms with Crippen molar-refractivity contribution in [1.82, 2.24) is 72.3 Å². The van der Waals surface area contributed by atoms with Crippen molar-refractivity contribution in [3.63, 3.8) is 0 Å². The molecule has 18 heteroatoms. The Labute approximate surface area is 697 Å². The molecule has 18 nitrogen and oxygen atoms in total. The Balaban J connectivity index is 0.000000101. The molecule has 0 saturated heterocycles. The second-order valence-corrected chi connectivity index (χ2v) is 30.5. The molecule has 15 heterocycles. The number of nitrogens with zero attached hydrogens (tertiary/aromatic N) is 15. The second kappa shape index (κ2) is 27.7. The van der Waals surface area contributed by atoms with Crippen LogP contribution in [0.4, 0.5) is 0 Å². The molecule has 0 aliphatic heterocycles. The lowest BCUT2D eigenvalue weighted by Gasteiger charge is -2.09. The molecule has 15 aromatic heterocycles. The number of hydrogen-bond acceptors (Lipinski definition) is 12. The molecule has 27 aromatic rings. The molecule has 576 valence electrons. The van der Waals surface area contributed by atoms with Gasteiger partial charge in [0.2, 0.25) is 34.8 Å². The molecular weight excluding hydrogens is 1520 g/mol. The Kier molecular flexibility index (Phi) is 15.5. The molecule has 0 N–H and O–H groups in total. The Hall–Kier alpha value is -17.3. The van der Waals surface area contributed by atoms with E-state index in [1.807, 2.05) is 91.4 Å². The van der Waals surface area contributed by atoms with Gasteiger partial charge in [0.05, 0.1) is 89.1 Å². The van der Waals surface area contributed by atoms with Crippen molar-refractivity contribution in [2.24, 2.45) is 0 Å². The van der Waals surface area contributed by atoms with E-state index < -0.39 is 0 Å². The quantitative estimate of drug-likeness (QED) is 0.133. The summed E-state index contributed by atoms with van der Waals surface area (Å²) in [4.78, 5) is 41.0. The molecule has 0 amide bonds. The Bertz CT molecular complexity index is 7960. The zero-order valence-corrected chi connectivity index (χ0v) is 65.3. The number of oxazole rings is 3. The number of hydrogen-bond donors (Lipinski definition) is 0. The zero-order valence-electron chi connectivity index (χ0n) is 65.3. The molecule has 0 aliphatic carbocycles. The topological polar surface area (TPSA) is 185 Å². The minimum absolute atomic E-state index is 0.461. The molecule has 0 aliphatic rings. The second-order valence-electron chi connectivity index (χ2n) is 30.5. The summed E-state index contributed by atoms with van der Waals surface area (Å²) in [7, 11) is 0. The van der Waals surface area contributed by atoms with E-state index in [1.165, 1.54) is 76.2 Å². The number of rotatable bonds is 9. The van der Waals surface area contributed by atoms with E-state index in [9.17, 15) is 0 Å². The summed E-state index contributed by atoms with van der Waals surface area (Å²) in [5.74, 6) is 1.58. The maximum absolute atomic E-state index is 5.92. The third-order valence-corrected chi connectivity index (χ3v) is 23.6. The lowest BCUT2D eigenvalue weighted by atomic mass is 10.1. The summed E-state index contributed by atoms with van der Waals surface area (Å²) >= 11 is 0. The fourth-order valence-corrected chi connectivity index (χ4v) is 18.2. The summed E-state index contributed by atoms with van der Waals surface area (Å²) in [6.45, 7) is 0. The summed E-state index contributed by atoms with van der Waals surface area (Å²) in [5.41, 5.74) is 28.4. The monoisotopic (exact) mass is 1580 g/mol. The van der Waals surface area contributed by atoms with Crippen molar-refractivity contribution in [1.29, 1.82) is 0 Å². The van der Waals surface area contributed by atoms with Crippen LogP contribution in [0.2, 0.25) is 0 Å². The van der Waals surface area contributed by atoms with Crippen molar-refractivity contribution in [2.45, 2.75) is 0 Å². The highest BCUT2D eigenvalue weighted by Gasteiger charge is 2.25. The summed E-state index contributed by atoms with van der Waals surface area (Å²) < 4.78 is 31.6. The number of aromatic nitrogens is 15. The van der Waals surface area contributed by atoms with Gasteiger partial charge < -0.3 is 40.7 Å². The maximum atomic E-state index is 5.92. The van der Waals surface area contributed by atoms with Crippen LogP contribution in [-0.4, -0.2) is 72.3 Å². The highest BCUT2D eigenvalue weighted by molar-refractivity contribution is 6.22. The van der Waals surface area contributed by atoms with Gasteiger partial charge in [-0.2, -0.15) is 0 Å². The highest BCUT2D eigenvalue weighted by Crippen LogP contribution is 2.45. The lowest BCUT2D eigenvalue weighted by Crippen LogP contribution is -1.96. The summed E-state index contributed by atoms with van der Waals surface area (Å²) in [6, 6.07) is 120. The average molecular weight is 1580 g/mol. The normalized spacial score (nSPS) is 11.9. The van der Waals surface area contributed by atoms with Crippen LogP contribution >= 0.6 is 0 Å². The number of pyridine rings is 6. The molecule has 0 atom stereocenters.